The Hall–Kier alpha value is -3.80. The lowest BCUT2D eigenvalue weighted by molar-refractivity contribution is -0.940. The normalized spacial score (nSPS) is 17.6. The minimum atomic E-state index is -4.25. The number of carbonyl (C=O) groups is 1. The summed E-state index contributed by atoms with van der Waals surface area (Å²) in [6, 6.07) is 17.5. The molecule has 0 N–H and O–H groups in total. The monoisotopic (exact) mass is 601 g/mol. The molecule has 1 aliphatic rings. The Bertz CT molecular complexity index is 1460. The molecule has 3 aromatic carbocycles. The van der Waals surface area contributed by atoms with Crippen molar-refractivity contribution in [1.29, 1.82) is 0 Å². The van der Waals surface area contributed by atoms with Crippen LogP contribution in [0.2, 0.25) is 0 Å². The predicted molar refractivity (Wildman–Crippen MR) is 156 cm³/mol. The van der Waals surface area contributed by atoms with Crippen molar-refractivity contribution in [1.82, 2.24) is 0 Å². The lowest BCUT2D eigenvalue weighted by atomic mass is 9.86. The predicted octanol–water partition coefficient (Wildman–Crippen LogP) is 4.16. The van der Waals surface area contributed by atoms with Gasteiger partial charge in [-0.25, -0.2) is 8.42 Å². The van der Waals surface area contributed by atoms with E-state index in [2.05, 4.69) is 25.2 Å². The van der Waals surface area contributed by atoms with Gasteiger partial charge in [-0.1, -0.05) is 24.3 Å². The van der Waals surface area contributed by atoms with E-state index in [-0.39, 0.29) is 16.9 Å². The van der Waals surface area contributed by atoms with E-state index in [9.17, 15) is 17.8 Å². The summed E-state index contributed by atoms with van der Waals surface area (Å²) in [5.41, 5.74) is 3.61. The van der Waals surface area contributed by atoms with Crippen molar-refractivity contribution < 1.29 is 45.9 Å². The van der Waals surface area contributed by atoms with Gasteiger partial charge < -0.3 is 32.7 Å². The molecule has 42 heavy (non-hydrogen) atoms. The zero-order valence-electron chi connectivity index (χ0n) is 24.9. The molecule has 0 bridgehead atoms. The average Bonchev–Trinajstić information content (AvgIpc) is 3.00. The Morgan fingerprint density at radius 3 is 2.00 bits per heavy atom. The molecule has 0 unspecified atom stereocenters. The number of nitrogens with zero attached hydrogens (tertiary/aromatic N) is 1. The van der Waals surface area contributed by atoms with Gasteiger partial charge in [0.05, 0.1) is 67.0 Å². The molecule has 0 aliphatic carbocycles. The Balaban J connectivity index is 0.000000408. The summed E-state index contributed by atoms with van der Waals surface area (Å²) in [4.78, 5) is 11.8. The highest BCUT2D eigenvalue weighted by Gasteiger charge is 2.40. The molecule has 2 atom stereocenters. The molecular weight excluding hydrogens is 562 g/mol. The van der Waals surface area contributed by atoms with Gasteiger partial charge in [-0.3, -0.25) is 4.79 Å². The Morgan fingerprint density at radius 1 is 0.857 bits per heavy atom. The first-order chi connectivity index (χ1) is 20.0. The van der Waals surface area contributed by atoms with Gasteiger partial charge in [0.25, 0.3) is 0 Å². The highest BCUT2D eigenvalue weighted by molar-refractivity contribution is 7.85. The van der Waals surface area contributed by atoms with Crippen LogP contribution < -0.4 is 18.9 Å². The molecule has 0 saturated carbocycles. The van der Waals surface area contributed by atoms with Gasteiger partial charge in [0, 0.05) is 18.4 Å². The molecule has 3 aromatic rings. The summed E-state index contributed by atoms with van der Waals surface area (Å²) in [5, 5.41) is 0. The van der Waals surface area contributed by atoms with Crippen molar-refractivity contribution in [3.8, 4) is 23.0 Å². The molecule has 0 aromatic heterocycles. The van der Waals surface area contributed by atoms with E-state index >= 15 is 0 Å². The van der Waals surface area contributed by atoms with E-state index in [1.54, 1.807) is 34.5 Å². The molecule has 1 aliphatic heterocycles. The van der Waals surface area contributed by atoms with Gasteiger partial charge in [-0.15, -0.1) is 0 Å². The van der Waals surface area contributed by atoms with Gasteiger partial charge >= 0.3 is 5.97 Å². The van der Waals surface area contributed by atoms with Gasteiger partial charge in [0.2, 0.25) is 0 Å². The number of rotatable bonds is 10. The smallest absolute Gasteiger partial charge is 0.311 e. The van der Waals surface area contributed by atoms with Gasteiger partial charge in [-0.05, 0) is 47.5 Å². The number of methoxy groups -OCH3 is 5. The molecule has 0 saturated heterocycles. The maximum Gasteiger partial charge on any atom is 0.311 e. The van der Waals surface area contributed by atoms with Crippen molar-refractivity contribution in [2.75, 3.05) is 55.7 Å². The number of fused-ring (bicyclic) bond motifs is 1. The number of quaternary nitrogens is 1. The van der Waals surface area contributed by atoms with Gasteiger partial charge in [0.15, 0.2) is 23.0 Å². The summed E-state index contributed by atoms with van der Waals surface area (Å²) in [5.74, 6) is 2.67. The second kappa shape index (κ2) is 14.4. The van der Waals surface area contributed by atoms with E-state index in [0.29, 0.717) is 30.2 Å². The third-order valence-corrected chi connectivity index (χ3v) is 8.46. The van der Waals surface area contributed by atoms with E-state index in [1.165, 1.54) is 42.5 Å². The SMILES string of the molecule is COC(=O)CC[N@@+]1(C)CCc2cc(OC)c(OC)cc2[C@H]1Cc1ccc(OC)c(OC)c1.O=S(=O)([O-])c1ccccc1. The third kappa shape index (κ3) is 7.93. The maximum atomic E-state index is 11.9. The largest absolute Gasteiger partial charge is 0.744 e. The number of likely N-dealkylation sites (N-methyl/N-ethyl adjacent to an activating group) is 1. The fraction of sp³-hybridized carbons (Fsp3) is 0.387. The number of hydrogen-bond donors (Lipinski definition) is 0. The Kier molecular flexibility index (Phi) is 11.2. The molecule has 228 valence electrons. The van der Waals surface area contributed by atoms with Crippen LogP contribution in [0.4, 0.5) is 0 Å². The molecule has 10 nitrogen and oxygen atoms in total. The molecule has 11 heteroatoms. The summed E-state index contributed by atoms with van der Waals surface area (Å²) in [6.07, 6.45) is 2.05. The minimum Gasteiger partial charge on any atom is -0.744 e. The maximum absolute atomic E-state index is 11.9. The molecule has 4 rings (SSSR count). The number of esters is 1. The van der Waals surface area contributed by atoms with Crippen molar-refractivity contribution >= 4 is 16.1 Å². The summed E-state index contributed by atoms with van der Waals surface area (Å²) in [7, 11) is 5.99. The molecular formula is C31H39NO9S. The fourth-order valence-corrected chi connectivity index (χ4v) is 5.69. The topological polar surface area (TPSA) is 120 Å². The number of carbonyl (C=O) groups excluding carboxylic acids is 1. The molecule has 0 amide bonds. The molecule has 1 heterocycles. The van der Waals surface area contributed by atoms with Crippen LogP contribution in [0.25, 0.3) is 0 Å². The zero-order valence-corrected chi connectivity index (χ0v) is 25.7. The first kappa shape index (κ1) is 32.7. The van der Waals surface area contributed by atoms with Gasteiger partial charge in [-0.2, -0.15) is 0 Å². The highest BCUT2D eigenvalue weighted by Crippen LogP contribution is 2.43. The average molecular weight is 602 g/mol. The van der Waals surface area contributed by atoms with Crippen LogP contribution in [0, 0.1) is 0 Å². The Labute approximate surface area is 248 Å². The van der Waals surface area contributed by atoms with Crippen LogP contribution >= 0.6 is 0 Å². The third-order valence-electron chi connectivity index (χ3n) is 7.61. The Morgan fingerprint density at radius 2 is 1.45 bits per heavy atom. The lowest BCUT2D eigenvalue weighted by Crippen LogP contribution is -2.53. The van der Waals surface area contributed by atoms with E-state index in [0.717, 1.165) is 35.2 Å². The lowest BCUT2D eigenvalue weighted by Gasteiger charge is -2.46. The molecule has 0 fully saturated rings. The summed E-state index contributed by atoms with van der Waals surface area (Å²) in [6.45, 7) is 1.61. The minimum absolute atomic E-state index is 0.126. The first-order valence-corrected chi connectivity index (χ1v) is 14.8. The molecule has 0 spiro atoms. The van der Waals surface area contributed by atoms with E-state index in [1.807, 2.05) is 12.1 Å². The first-order valence-electron chi connectivity index (χ1n) is 13.4. The standard InChI is InChI=1S/C25H34NO6.C6H6O3S/c1-26(12-10-25(27)32-6)11-9-18-15-23(30-4)24(31-5)16-19(18)20(26)13-17-7-8-21(28-2)22(14-17)29-3;7-10(8,9)6-4-2-1-3-5-6/h7-8,14-16,20H,9-13H2,1-6H3;1-5H,(H,7,8,9)/q+1;/p-1/t20-,26-;/m1./s1. The quantitative estimate of drug-likeness (QED) is 0.192. The number of ether oxygens (including phenoxy) is 5. The van der Waals surface area contributed by atoms with Crippen LogP contribution in [-0.4, -0.2) is 79.1 Å². The summed E-state index contributed by atoms with van der Waals surface area (Å²) >= 11 is 0. The number of hydrogen-bond acceptors (Lipinski definition) is 9. The zero-order chi connectivity index (χ0) is 30.9. The second-order valence-electron chi connectivity index (χ2n) is 10.1. The van der Waals surface area contributed by atoms with Crippen LogP contribution in [0.15, 0.2) is 65.6 Å². The highest BCUT2D eigenvalue weighted by atomic mass is 32.2. The van der Waals surface area contributed by atoms with E-state index in [4.69, 9.17) is 23.7 Å². The van der Waals surface area contributed by atoms with Crippen molar-refractivity contribution in [3.63, 3.8) is 0 Å². The van der Waals surface area contributed by atoms with E-state index < -0.39 is 10.1 Å². The second-order valence-corrected chi connectivity index (χ2v) is 11.5. The van der Waals surface area contributed by atoms with Crippen LogP contribution in [-0.2, 0) is 32.5 Å². The molecule has 0 radical (unpaired) electrons. The fourth-order valence-electron chi connectivity index (χ4n) is 5.20. The van der Waals surface area contributed by atoms with Crippen LogP contribution in [0.3, 0.4) is 0 Å². The van der Waals surface area contributed by atoms with Crippen molar-refractivity contribution in [2.24, 2.45) is 0 Å². The summed E-state index contributed by atoms with van der Waals surface area (Å²) < 4.78 is 58.5. The van der Waals surface area contributed by atoms with Gasteiger partial charge in [0.1, 0.15) is 16.2 Å². The van der Waals surface area contributed by atoms with Crippen molar-refractivity contribution in [3.05, 3.63) is 77.4 Å². The van der Waals surface area contributed by atoms with Crippen LogP contribution in [0.1, 0.15) is 29.2 Å². The number of benzene rings is 3. The van der Waals surface area contributed by atoms with Crippen molar-refractivity contribution in [2.45, 2.75) is 30.2 Å². The van der Waals surface area contributed by atoms with Crippen LogP contribution in [0.5, 0.6) is 23.0 Å².